The van der Waals surface area contributed by atoms with E-state index in [0.29, 0.717) is 5.82 Å². The molecule has 3 aromatic rings. The van der Waals surface area contributed by atoms with Crippen molar-refractivity contribution in [3.05, 3.63) is 30.0 Å². The molecule has 0 radical (unpaired) electrons. The third-order valence-corrected chi connectivity index (χ3v) is 4.17. The first-order chi connectivity index (χ1) is 8.76. The SMILES string of the molecule is CSc1cccc2sc(Nc3cc(C)on3)nc12. The molecule has 0 saturated carbocycles. The van der Waals surface area contributed by atoms with E-state index in [0.717, 1.165) is 16.4 Å². The average Bonchev–Trinajstić information content (AvgIpc) is 2.94. The number of para-hydroxylation sites is 1. The third kappa shape index (κ3) is 2.09. The zero-order valence-corrected chi connectivity index (χ0v) is 11.6. The number of hydrogen-bond donors (Lipinski definition) is 1. The smallest absolute Gasteiger partial charge is 0.189 e. The summed E-state index contributed by atoms with van der Waals surface area (Å²) in [7, 11) is 0. The zero-order chi connectivity index (χ0) is 12.5. The Morgan fingerprint density at radius 2 is 2.28 bits per heavy atom. The number of nitrogens with one attached hydrogen (secondary N) is 1. The van der Waals surface area contributed by atoms with Crippen LogP contribution >= 0.6 is 23.1 Å². The summed E-state index contributed by atoms with van der Waals surface area (Å²) in [6.07, 6.45) is 2.06. The lowest BCUT2D eigenvalue weighted by Gasteiger charge is -1.95. The molecule has 0 bridgehead atoms. The Hall–Kier alpha value is -1.53. The molecule has 3 rings (SSSR count). The van der Waals surface area contributed by atoms with Crippen molar-refractivity contribution in [2.45, 2.75) is 11.8 Å². The van der Waals surface area contributed by atoms with Crippen LogP contribution in [0.3, 0.4) is 0 Å². The minimum Gasteiger partial charge on any atom is -0.360 e. The summed E-state index contributed by atoms with van der Waals surface area (Å²) < 4.78 is 6.19. The van der Waals surface area contributed by atoms with Gasteiger partial charge in [0.15, 0.2) is 10.9 Å². The Balaban J connectivity index is 1.98. The Morgan fingerprint density at radius 3 is 3.00 bits per heavy atom. The number of hydrogen-bond acceptors (Lipinski definition) is 6. The molecule has 0 atom stereocenters. The molecule has 1 aromatic carbocycles. The minimum atomic E-state index is 0.692. The number of thioether (sulfide) groups is 1. The molecule has 0 aliphatic rings. The van der Waals surface area contributed by atoms with Gasteiger partial charge in [-0.1, -0.05) is 22.6 Å². The van der Waals surface area contributed by atoms with Gasteiger partial charge in [0.1, 0.15) is 5.76 Å². The molecule has 0 fully saturated rings. The molecule has 0 saturated heterocycles. The van der Waals surface area contributed by atoms with Gasteiger partial charge in [0.25, 0.3) is 0 Å². The predicted molar refractivity (Wildman–Crippen MR) is 75.9 cm³/mol. The number of thiazole rings is 1. The fraction of sp³-hybridized carbons (Fsp3) is 0.167. The van der Waals surface area contributed by atoms with E-state index in [1.54, 1.807) is 23.1 Å². The van der Waals surface area contributed by atoms with Gasteiger partial charge in [0, 0.05) is 11.0 Å². The second-order valence-corrected chi connectivity index (χ2v) is 5.65. The minimum absolute atomic E-state index is 0.692. The summed E-state index contributed by atoms with van der Waals surface area (Å²) >= 11 is 3.32. The first-order valence-electron chi connectivity index (χ1n) is 5.40. The maximum atomic E-state index is 5.02. The summed E-state index contributed by atoms with van der Waals surface area (Å²) in [6.45, 7) is 1.86. The molecule has 92 valence electrons. The van der Waals surface area contributed by atoms with Crippen molar-refractivity contribution < 1.29 is 4.52 Å². The van der Waals surface area contributed by atoms with Crippen LogP contribution < -0.4 is 5.32 Å². The van der Waals surface area contributed by atoms with Gasteiger partial charge in [-0.15, -0.1) is 11.8 Å². The highest BCUT2D eigenvalue weighted by Crippen LogP contribution is 2.33. The molecule has 0 amide bonds. The number of anilines is 2. The lowest BCUT2D eigenvalue weighted by atomic mass is 10.3. The van der Waals surface area contributed by atoms with Crippen LogP contribution in [0.15, 0.2) is 33.7 Å². The number of aryl methyl sites for hydroxylation is 1. The molecule has 0 aliphatic heterocycles. The van der Waals surface area contributed by atoms with Crippen LogP contribution in [0.5, 0.6) is 0 Å². The van der Waals surface area contributed by atoms with Crippen molar-refractivity contribution in [3.63, 3.8) is 0 Å². The van der Waals surface area contributed by atoms with Gasteiger partial charge in [0.2, 0.25) is 0 Å². The van der Waals surface area contributed by atoms with Crippen LogP contribution in [-0.4, -0.2) is 16.4 Å². The first-order valence-corrected chi connectivity index (χ1v) is 7.44. The summed E-state index contributed by atoms with van der Waals surface area (Å²) in [4.78, 5) is 5.78. The maximum Gasteiger partial charge on any atom is 0.189 e. The van der Waals surface area contributed by atoms with Crippen LogP contribution in [-0.2, 0) is 0 Å². The predicted octanol–water partition coefficient (Wildman–Crippen LogP) is 4.06. The van der Waals surface area contributed by atoms with Crippen LogP contribution in [0.4, 0.5) is 10.9 Å². The molecule has 2 aromatic heterocycles. The molecule has 2 heterocycles. The number of rotatable bonds is 3. The van der Waals surface area contributed by atoms with Crippen LogP contribution in [0, 0.1) is 6.92 Å². The van der Waals surface area contributed by atoms with Crippen LogP contribution in [0.1, 0.15) is 5.76 Å². The van der Waals surface area contributed by atoms with E-state index >= 15 is 0 Å². The maximum absolute atomic E-state index is 5.02. The molecule has 1 N–H and O–H groups in total. The van der Waals surface area contributed by atoms with Gasteiger partial charge in [-0.05, 0) is 25.3 Å². The topological polar surface area (TPSA) is 51.0 Å². The Morgan fingerprint density at radius 1 is 1.39 bits per heavy atom. The quantitative estimate of drug-likeness (QED) is 0.732. The van der Waals surface area contributed by atoms with Gasteiger partial charge < -0.3 is 9.84 Å². The van der Waals surface area contributed by atoms with E-state index in [1.807, 2.05) is 13.0 Å². The molecular formula is C12H11N3OS2. The average molecular weight is 277 g/mol. The standard InChI is InChI=1S/C12H11N3OS2/c1-7-6-10(15-16-7)13-12-14-11-8(17-2)4-3-5-9(11)18-12/h3-6H,1-2H3,(H,13,14,15). The molecule has 0 unspecified atom stereocenters. The fourth-order valence-electron chi connectivity index (χ4n) is 1.68. The highest BCUT2D eigenvalue weighted by molar-refractivity contribution is 7.98. The van der Waals surface area contributed by atoms with Gasteiger partial charge in [-0.25, -0.2) is 4.98 Å². The fourth-order valence-corrected chi connectivity index (χ4v) is 3.20. The van der Waals surface area contributed by atoms with E-state index in [9.17, 15) is 0 Å². The van der Waals surface area contributed by atoms with E-state index in [1.165, 1.54) is 9.60 Å². The summed E-state index contributed by atoms with van der Waals surface area (Å²) in [5.41, 5.74) is 1.04. The molecule has 18 heavy (non-hydrogen) atoms. The highest BCUT2D eigenvalue weighted by atomic mass is 32.2. The largest absolute Gasteiger partial charge is 0.360 e. The van der Waals surface area contributed by atoms with Gasteiger partial charge in [-0.2, -0.15) is 0 Å². The Bertz CT molecular complexity index is 690. The highest BCUT2D eigenvalue weighted by Gasteiger charge is 2.09. The lowest BCUT2D eigenvalue weighted by molar-refractivity contribution is 0.400. The van der Waals surface area contributed by atoms with Crippen LogP contribution in [0.2, 0.25) is 0 Å². The monoisotopic (exact) mass is 277 g/mol. The number of fused-ring (bicyclic) bond motifs is 1. The molecule has 4 nitrogen and oxygen atoms in total. The number of nitrogens with zero attached hydrogens (tertiary/aromatic N) is 2. The normalized spacial score (nSPS) is 11.0. The Kier molecular flexibility index (Phi) is 2.97. The lowest BCUT2D eigenvalue weighted by Crippen LogP contribution is -1.88. The molecule has 6 heteroatoms. The van der Waals surface area contributed by atoms with Crippen molar-refractivity contribution in [3.8, 4) is 0 Å². The molecular weight excluding hydrogens is 266 g/mol. The summed E-state index contributed by atoms with van der Waals surface area (Å²) in [5.74, 6) is 1.47. The first kappa shape index (κ1) is 11.6. The van der Waals surface area contributed by atoms with E-state index < -0.39 is 0 Å². The molecule has 0 aliphatic carbocycles. The van der Waals surface area contributed by atoms with Crippen molar-refractivity contribution in [2.75, 3.05) is 11.6 Å². The van der Waals surface area contributed by atoms with E-state index in [2.05, 4.69) is 39.9 Å². The third-order valence-electron chi connectivity index (χ3n) is 2.46. The zero-order valence-electron chi connectivity index (χ0n) is 9.93. The Labute approximate surface area is 112 Å². The number of benzene rings is 1. The number of aromatic nitrogens is 2. The van der Waals surface area contributed by atoms with E-state index in [4.69, 9.17) is 4.52 Å². The second kappa shape index (κ2) is 4.62. The summed E-state index contributed by atoms with van der Waals surface area (Å²) in [6, 6.07) is 8.06. The van der Waals surface area contributed by atoms with E-state index in [-0.39, 0.29) is 0 Å². The summed E-state index contributed by atoms with van der Waals surface area (Å²) in [5, 5.41) is 7.89. The van der Waals surface area contributed by atoms with Gasteiger partial charge in [0.05, 0.1) is 10.2 Å². The van der Waals surface area contributed by atoms with Crippen molar-refractivity contribution in [1.29, 1.82) is 0 Å². The van der Waals surface area contributed by atoms with Gasteiger partial charge in [-0.3, -0.25) is 0 Å². The second-order valence-electron chi connectivity index (χ2n) is 3.77. The van der Waals surface area contributed by atoms with Crippen molar-refractivity contribution in [1.82, 2.24) is 10.1 Å². The van der Waals surface area contributed by atoms with Gasteiger partial charge >= 0.3 is 0 Å². The molecule has 0 spiro atoms. The van der Waals surface area contributed by atoms with Crippen LogP contribution in [0.25, 0.3) is 10.2 Å². The van der Waals surface area contributed by atoms with Crippen molar-refractivity contribution in [2.24, 2.45) is 0 Å². The van der Waals surface area contributed by atoms with Crippen molar-refractivity contribution >= 4 is 44.3 Å².